The lowest BCUT2D eigenvalue weighted by molar-refractivity contribution is -0.117. The van der Waals surface area contributed by atoms with Gasteiger partial charge >= 0.3 is 0 Å². The molecule has 1 N–H and O–H groups in total. The highest BCUT2D eigenvalue weighted by molar-refractivity contribution is 5.91. The van der Waals surface area contributed by atoms with Crippen molar-refractivity contribution in [2.75, 3.05) is 5.32 Å². The fraction of sp³-hybridized carbons (Fsp3) is 0.294. The number of carbonyl (C=O) groups is 1. The minimum absolute atomic E-state index is 0.00990. The second-order valence-corrected chi connectivity index (χ2v) is 6.67. The number of rotatable bonds is 3. The van der Waals surface area contributed by atoms with Crippen LogP contribution in [0.4, 0.5) is 5.69 Å². The summed E-state index contributed by atoms with van der Waals surface area (Å²) >= 11 is 0. The lowest BCUT2D eigenvalue weighted by atomic mass is 9.92. The molecule has 0 saturated carbocycles. The van der Waals surface area contributed by atoms with Crippen LogP contribution in [0, 0.1) is 5.41 Å². The van der Waals surface area contributed by atoms with Gasteiger partial charge in [0.05, 0.1) is 5.69 Å². The molecule has 0 saturated heterocycles. The topological polar surface area (TPSA) is 72.2 Å². The third-order valence-corrected chi connectivity index (χ3v) is 3.27. The van der Waals surface area contributed by atoms with Crippen molar-refractivity contribution >= 4 is 17.2 Å². The predicted molar refractivity (Wildman–Crippen MR) is 88.9 cm³/mol. The van der Waals surface area contributed by atoms with Crippen molar-refractivity contribution in [3.8, 4) is 11.5 Å². The van der Waals surface area contributed by atoms with Gasteiger partial charge in [0.15, 0.2) is 11.5 Å². The number of carbonyl (C=O) groups excluding carboxylic acids is 1. The Kier molecular flexibility index (Phi) is 3.82. The van der Waals surface area contributed by atoms with Gasteiger partial charge in [0.2, 0.25) is 5.91 Å². The van der Waals surface area contributed by atoms with Crippen LogP contribution >= 0.6 is 0 Å². The second kappa shape index (κ2) is 5.79. The van der Waals surface area contributed by atoms with Crippen LogP contribution in [0.5, 0.6) is 0 Å². The van der Waals surface area contributed by atoms with Crippen LogP contribution in [0.3, 0.4) is 0 Å². The van der Waals surface area contributed by atoms with Gasteiger partial charge < -0.3 is 5.32 Å². The molecule has 6 heteroatoms. The van der Waals surface area contributed by atoms with E-state index in [1.54, 1.807) is 6.20 Å². The van der Waals surface area contributed by atoms with Crippen LogP contribution in [-0.4, -0.2) is 25.5 Å². The smallest absolute Gasteiger partial charge is 0.224 e. The number of nitrogens with zero attached hydrogens (tertiary/aromatic N) is 4. The van der Waals surface area contributed by atoms with E-state index >= 15 is 0 Å². The van der Waals surface area contributed by atoms with Gasteiger partial charge in [-0.15, -0.1) is 10.2 Å². The Hall–Kier alpha value is -2.76. The molecule has 3 rings (SSSR count). The zero-order chi connectivity index (χ0) is 16.4. The summed E-state index contributed by atoms with van der Waals surface area (Å²) in [6.45, 7) is 6.11. The molecule has 0 aliphatic rings. The van der Waals surface area contributed by atoms with E-state index in [2.05, 4.69) is 20.5 Å². The summed E-state index contributed by atoms with van der Waals surface area (Å²) in [7, 11) is 0. The number of hydrogen-bond acceptors (Lipinski definition) is 4. The lowest BCUT2D eigenvalue weighted by Gasteiger charge is -2.17. The molecule has 118 valence electrons. The van der Waals surface area contributed by atoms with Gasteiger partial charge in [-0.05, 0) is 29.7 Å². The number of anilines is 1. The van der Waals surface area contributed by atoms with E-state index in [1.165, 1.54) is 0 Å². The fourth-order valence-corrected chi connectivity index (χ4v) is 2.32. The van der Waals surface area contributed by atoms with Gasteiger partial charge in [0, 0.05) is 18.8 Å². The Balaban J connectivity index is 1.91. The Morgan fingerprint density at radius 1 is 1.17 bits per heavy atom. The number of amides is 1. The van der Waals surface area contributed by atoms with Crippen molar-refractivity contribution in [1.29, 1.82) is 0 Å². The normalized spacial score (nSPS) is 11.6. The zero-order valence-electron chi connectivity index (χ0n) is 13.4. The van der Waals surface area contributed by atoms with Crippen molar-refractivity contribution in [3.05, 3.63) is 42.7 Å². The fourth-order valence-electron chi connectivity index (χ4n) is 2.32. The van der Waals surface area contributed by atoms with Crippen LogP contribution in [0.1, 0.15) is 27.2 Å². The molecule has 0 fully saturated rings. The molecule has 1 amide bonds. The molecule has 0 aliphatic carbocycles. The van der Waals surface area contributed by atoms with Crippen molar-refractivity contribution in [2.45, 2.75) is 27.2 Å². The molecule has 0 aliphatic heterocycles. The molecular formula is C17H19N5O. The first-order valence-electron chi connectivity index (χ1n) is 7.48. The van der Waals surface area contributed by atoms with Crippen LogP contribution in [0.15, 0.2) is 42.7 Å². The van der Waals surface area contributed by atoms with Crippen molar-refractivity contribution in [1.82, 2.24) is 19.6 Å². The molecule has 3 aromatic rings. The first kappa shape index (κ1) is 15.1. The highest BCUT2D eigenvalue weighted by Crippen LogP contribution is 2.21. The number of fused-ring (bicyclic) bond motifs is 1. The van der Waals surface area contributed by atoms with Crippen LogP contribution in [0.25, 0.3) is 17.2 Å². The number of aromatic nitrogens is 4. The summed E-state index contributed by atoms with van der Waals surface area (Å²) in [4.78, 5) is 16.4. The van der Waals surface area contributed by atoms with Gasteiger partial charge in [0.1, 0.15) is 5.69 Å². The van der Waals surface area contributed by atoms with E-state index in [-0.39, 0.29) is 11.3 Å². The molecule has 0 radical (unpaired) electrons. The van der Waals surface area contributed by atoms with E-state index in [9.17, 15) is 4.79 Å². The van der Waals surface area contributed by atoms with Crippen LogP contribution in [0.2, 0.25) is 0 Å². The van der Waals surface area contributed by atoms with E-state index in [0.29, 0.717) is 23.6 Å². The zero-order valence-corrected chi connectivity index (χ0v) is 13.4. The molecule has 23 heavy (non-hydrogen) atoms. The van der Waals surface area contributed by atoms with E-state index < -0.39 is 0 Å². The highest BCUT2D eigenvalue weighted by Gasteiger charge is 2.16. The summed E-state index contributed by atoms with van der Waals surface area (Å²) < 4.78 is 1.83. The third-order valence-electron chi connectivity index (χ3n) is 3.27. The number of pyridine rings is 2. The average Bonchev–Trinajstić information content (AvgIpc) is 2.89. The molecule has 6 nitrogen and oxygen atoms in total. The molecule has 0 spiro atoms. The molecule has 0 unspecified atom stereocenters. The molecule has 0 bridgehead atoms. The Bertz CT molecular complexity index is 833. The van der Waals surface area contributed by atoms with E-state index in [0.717, 1.165) is 5.69 Å². The summed E-state index contributed by atoms with van der Waals surface area (Å²) in [5.41, 5.74) is 2.10. The SMILES string of the molecule is CC(C)(C)CC(=O)Nc1ccc2nnc(-c3ccccn3)n2c1. The number of hydrogen-bond donors (Lipinski definition) is 1. The van der Waals surface area contributed by atoms with E-state index in [4.69, 9.17) is 0 Å². The van der Waals surface area contributed by atoms with Gasteiger partial charge in [-0.25, -0.2) is 0 Å². The Morgan fingerprint density at radius 2 is 2.00 bits per heavy atom. The minimum Gasteiger partial charge on any atom is -0.325 e. The third kappa shape index (κ3) is 3.53. The maximum Gasteiger partial charge on any atom is 0.224 e. The quantitative estimate of drug-likeness (QED) is 0.806. The maximum atomic E-state index is 12.1. The average molecular weight is 309 g/mol. The van der Waals surface area contributed by atoms with E-state index in [1.807, 2.05) is 61.7 Å². The predicted octanol–water partition coefficient (Wildman–Crippen LogP) is 3.17. The van der Waals surface area contributed by atoms with Gasteiger partial charge in [0.25, 0.3) is 0 Å². The molecule has 0 atom stereocenters. The van der Waals surface area contributed by atoms with Gasteiger partial charge in [-0.3, -0.25) is 14.2 Å². The maximum absolute atomic E-state index is 12.1. The molecular weight excluding hydrogens is 290 g/mol. The molecule has 0 aromatic carbocycles. The van der Waals surface area contributed by atoms with Gasteiger partial charge in [-0.2, -0.15) is 0 Å². The second-order valence-electron chi connectivity index (χ2n) is 6.67. The van der Waals surface area contributed by atoms with Crippen molar-refractivity contribution in [3.63, 3.8) is 0 Å². The summed E-state index contributed by atoms with van der Waals surface area (Å²) in [5, 5.41) is 11.2. The van der Waals surface area contributed by atoms with Crippen molar-refractivity contribution in [2.24, 2.45) is 5.41 Å². The standard InChI is InChI=1S/C17H19N5O/c1-17(2,3)10-15(23)19-12-7-8-14-20-21-16(22(14)11-12)13-6-4-5-9-18-13/h4-9,11H,10H2,1-3H3,(H,19,23). The Labute approximate surface area is 134 Å². The summed E-state index contributed by atoms with van der Waals surface area (Å²) in [6.07, 6.45) is 3.99. The Morgan fingerprint density at radius 3 is 2.70 bits per heavy atom. The molecule has 3 heterocycles. The van der Waals surface area contributed by atoms with Gasteiger partial charge in [-0.1, -0.05) is 26.8 Å². The first-order chi connectivity index (χ1) is 10.9. The molecule has 3 aromatic heterocycles. The monoisotopic (exact) mass is 309 g/mol. The highest BCUT2D eigenvalue weighted by atomic mass is 16.1. The van der Waals surface area contributed by atoms with Crippen LogP contribution < -0.4 is 5.32 Å². The first-order valence-corrected chi connectivity index (χ1v) is 7.48. The summed E-state index contributed by atoms with van der Waals surface area (Å²) in [6, 6.07) is 9.28. The van der Waals surface area contributed by atoms with Crippen LogP contribution in [-0.2, 0) is 4.79 Å². The lowest BCUT2D eigenvalue weighted by Crippen LogP contribution is -2.19. The minimum atomic E-state index is -0.0517. The van der Waals surface area contributed by atoms with Crippen molar-refractivity contribution < 1.29 is 4.79 Å². The summed E-state index contributed by atoms with van der Waals surface area (Å²) in [5.74, 6) is 0.636. The number of nitrogens with one attached hydrogen (secondary N) is 1. The largest absolute Gasteiger partial charge is 0.325 e.